The van der Waals surface area contributed by atoms with Crippen molar-refractivity contribution in [1.29, 1.82) is 0 Å². The number of hydrogen-bond acceptors (Lipinski definition) is 5. The molecular weight excluding hydrogens is 406 g/mol. The fraction of sp³-hybridized carbons (Fsp3) is 0.280. The predicted octanol–water partition coefficient (Wildman–Crippen LogP) is 3.25. The van der Waals surface area contributed by atoms with Gasteiger partial charge in [0.05, 0.1) is 6.61 Å². The van der Waals surface area contributed by atoms with Crippen LogP contribution in [0.2, 0.25) is 0 Å². The topological polar surface area (TPSA) is 75.0 Å². The number of benzene rings is 2. The molecule has 0 radical (unpaired) electrons. The van der Waals surface area contributed by atoms with E-state index in [1.54, 1.807) is 15.8 Å². The molecule has 0 fully saturated rings. The van der Waals surface area contributed by atoms with Gasteiger partial charge in [-0.1, -0.05) is 48.5 Å². The number of pyridine rings is 1. The number of amides is 1. The minimum atomic E-state index is -0.571. The molecule has 5 rings (SSSR count). The summed E-state index contributed by atoms with van der Waals surface area (Å²) < 4.78 is 7.81. The fourth-order valence-electron chi connectivity index (χ4n) is 4.81. The molecule has 2 aliphatic heterocycles. The Balaban J connectivity index is 1.84. The smallest absolute Gasteiger partial charge is 0.278 e. The van der Waals surface area contributed by atoms with Crippen molar-refractivity contribution >= 4 is 5.91 Å². The molecule has 0 aliphatic carbocycles. The molecule has 0 unspecified atom stereocenters. The van der Waals surface area contributed by atoms with Gasteiger partial charge in [0.25, 0.3) is 5.91 Å². The molecule has 2 atom stereocenters. The molecule has 3 aromatic rings. The average molecular weight is 431 g/mol. The van der Waals surface area contributed by atoms with Crippen LogP contribution in [0, 0.1) is 0 Å². The molecule has 0 spiro atoms. The van der Waals surface area contributed by atoms with Crippen LogP contribution in [0.15, 0.2) is 71.7 Å². The van der Waals surface area contributed by atoms with Gasteiger partial charge in [-0.25, -0.2) is 0 Å². The van der Waals surface area contributed by atoms with E-state index in [9.17, 15) is 14.7 Å². The number of rotatable bonds is 2. The lowest BCUT2D eigenvalue weighted by molar-refractivity contribution is 0.0408. The summed E-state index contributed by atoms with van der Waals surface area (Å²) in [5, 5.41) is 12.7. The maximum absolute atomic E-state index is 13.5. The second-order valence-electron chi connectivity index (χ2n) is 8.38. The van der Waals surface area contributed by atoms with Crippen LogP contribution in [0.4, 0.5) is 0 Å². The highest BCUT2D eigenvalue weighted by Gasteiger charge is 2.45. The lowest BCUT2D eigenvalue weighted by Crippen LogP contribution is -2.64. The highest BCUT2D eigenvalue weighted by atomic mass is 16.5. The Morgan fingerprint density at radius 2 is 1.72 bits per heavy atom. The Bertz CT molecular complexity index is 1220. The Morgan fingerprint density at radius 1 is 1.00 bits per heavy atom. The third kappa shape index (κ3) is 3.04. The summed E-state index contributed by atoms with van der Waals surface area (Å²) in [6.45, 7) is 4.31. The first-order chi connectivity index (χ1) is 15.5. The molecule has 3 heterocycles. The number of carbonyl (C=O) groups is 1. The number of aromatic nitrogens is 1. The summed E-state index contributed by atoms with van der Waals surface area (Å²) in [7, 11) is 0. The monoisotopic (exact) mass is 431 g/mol. The van der Waals surface area contributed by atoms with E-state index < -0.39 is 11.2 Å². The van der Waals surface area contributed by atoms with E-state index in [-0.39, 0.29) is 29.9 Å². The summed E-state index contributed by atoms with van der Waals surface area (Å²) in [6.07, 6.45) is 1.81. The van der Waals surface area contributed by atoms with Crippen molar-refractivity contribution in [3.63, 3.8) is 0 Å². The van der Waals surface area contributed by atoms with Gasteiger partial charge in [-0.2, -0.15) is 0 Å². The van der Waals surface area contributed by atoms with E-state index in [1.165, 1.54) is 6.07 Å². The van der Waals surface area contributed by atoms with Gasteiger partial charge in [0, 0.05) is 30.3 Å². The lowest BCUT2D eigenvalue weighted by atomic mass is 9.95. The zero-order chi connectivity index (χ0) is 22.4. The Morgan fingerprint density at radius 3 is 2.47 bits per heavy atom. The van der Waals surface area contributed by atoms with Crippen molar-refractivity contribution in [1.82, 2.24) is 9.58 Å². The first-order valence-corrected chi connectivity index (χ1v) is 10.8. The minimum Gasteiger partial charge on any atom is -0.502 e. The number of carbonyl (C=O) groups excluding carboxylic acids is 1. The van der Waals surface area contributed by atoms with E-state index in [4.69, 9.17) is 4.74 Å². The largest absolute Gasteiger partial charge is 0.502 e. The van der Waals surface area contributed by atoms with Gasteiger partial charge in [-0.05, 0) is 25.5 Å². The first-order valence-electron chi connectivity index (χ1n) is 10.8. The first kappa shape index (κ1) is 20.2. The van der Waals surface area contributed by atoms with Crippen LogP contribution in [0.5, 0.6) is 11.5 Å². The number of fused-ring (bicyclic) bond motifs is 4. The molecule has 32 heavy (non-hydrogen) atoms. The maximum Gasteiger partial charge on any atom is 0.278 e. The van der Waals surface area contributed by atoms with Gasteiger partial charge < -0.3 is 14.7 Å². The SMILES string of the molecule is CC(C)N1C(=O)c2c(O)c(=O)ccn2N2[C@@H](c3ccccc3)c3ccccc3OCC[C@H]12. The van der Waals surface area contributed by atoms with Gasteiger partial charge in [0.1, 0.15) is 18.0 Å². The molecule has 1 amide bonds. The number of ether oxygens (including phenoxy) is 1. The van der Waals surface area contributed by atoms with Crippen LogP contribution < -0.4 is 15.2 Å². The molecule has 1 aromatic heterocycles. The second-order valence-corrected chi connectivity index (χ2v) is 8.38. The van der Waals surface area contributed by atoms with Gasteiger partial charge in [0.2, 0.25) is 5.43 Å². The molecular formula is C25H25N3O4. The normalized spacial score (nSPS) is 20.0. The van der Waals surface area contributed by atoms with Gasteiger partial charge in [0.15, 0.2) is 11.4 Å². The Labute approximate surface area is 186 Å². The molecule has 0 bridgehead atoms. The molecule has 2 aromatic carbocycles. The number of aromatic hydroxyl groups is 1. The van der Waals surface area contributed by atoms with E-state index in [0.717, 1.165) is 16.9 Å². The van der Waals surface area contributed by atoms with Crippen LogP contribution in [-0.2, 0) is 0 Å². The van der Waals surface area contributed by atoms with Gasteiger partial charge in [-0.15, -0.1) is 0 Å². The van der Waals surface area contributed by atoms with Crippen LogP contribution in [0.3, 0.4) is 0 Å². The number of hydrogen-bond donors (Lipinski definition) is 1. The van der Waals surface area contributed by atoms with Crippen molar-refractivity contribution in [2.45, 2.75) is 38.5 Å². The molecule has 0 saturated heterocycles. The fourth-order valence-corrected chi connectivity index (χ4v) is 4.81. The van der Waals surface area contributed by atoms with Gasteiger partial charge in [-0.3, -0.25) is 19.3 Å². The maximum atomic E-state index is 13.5. The van der Waals surface area contributed by atoms with E-state index >= 15 is 0 Å². The summed E-state index contributed by atoms with van der Waals surface area (Å²) in [5.74, 6) is -0.114. The highest BCUT2D eigenvalue weighted by Crippen LogP contribution is 2.40. The van der Waals surface area contributed by atoms with Crippen LogP contribution in [0.25, 0.3) is 0 Å². The Kier molecular flexibility index (Phi) is 4.89. The summed E-state index contributed by atoms with van der Waals surface area (Å²) >= 11 is 0. The molecule has 164 valence electrons. The quantitative estimate of drug-likeness (QED) is 0.674. The highest BCUT2D eigenvalue weighted by molar-refractivity contribution is 5.96. The second kappa shape index (κ2) is 7.75. The van der Waals surface area contributed by atoms with E-state index in [1.807, 2.05) is 68.4 Å². The van der Waals surface area contributed by atoms with Crippen molar-refractivity contribution in [2.75, 3.05) is 11.6 Å². The molecule has 2 aliphatic rings. The average Bonchev–Trinajstić information content (AvgIpc) is 2.78. The van der Waals surface area contributed by atoms with Crippen LogP contribution >= 0.6 is 0 Å². The molecule has 0 saturated carbocycles. The molecule has 7 nitrogen and oxygen atoms in total. The third-order valence-corrected chi connectivity index (χ3v) is 6.15. The zero-order valence-electron chi connectivity index (χ0n) is 18.0. The summed E-state index contributed by atoms with van der Waals surface area (Å²) in [6, 6.07) is 18.7. The van der Waals surface area contributed by atoms with Crippen LogP contribution in [0.1, 0.15) is 47.9 Å². The molecule has 7 heteroatoms. The lowest BCUT2D eigenvalue weighted by Gasteiger charge is -2.52. The zero-order valence-corrected chi connectivity index (χ0v) is 18.0. The van der Waals surface area contributed by atoms with Crippen molar-refractivity contribution in [3.05, 3.63) is 93.9 Å². The molecule has 1 N–H and O–H groups in total. The van der Waals surface area contributed by atoms with Crippen molar-refractivity contribution in [3.8, 4) is 11.5 Å². The number of nitrogens with zero attached hydrogens (tertiary/aromatic N) is 3. The van der Waals surface area contributed by atoms with Crippen molar-refractivity contribution < 1.29 is 14.6 Å². The number of para-hydroxylation sites is 1. The van der Waals surface area contributed by atoms with E-state index in [0.29, 0.717) is 13.0 Å². The van der Waals surface area contributed by atoms with Crippen molar-refractivity contribution in [2.24, 2.45) is 0 Å². The Hall–Kier alpha value is -3.74. The predicted molar refractivity (Wildman–Crippen MR) is 121 cm³/mol. The van der Waals surface area contributed by atoms with Gasteiger partial charge >= 0.3 is 0 Å². The van der Waals surface area contributed by atoms with Crippen LogP contribution in [-0.4, -0.2) is 39.4 Å². The minimum absolute atomic E-state index is 0.0117. The third-order valence-electron chi connectivity index (χ3n) is 6.15. The summed E-state index contributed by atoms with van der Waals surface area (Å²) in [4.78, 5) is 27.5. The summed E-state index contributed by atoms with van der Waals surface area (Å²) in [5.41, 5.74) is 1.38. The standard InChI is InChI=1S/C25H25N3O4/c1-16(2)27-21-13-15-32-20-11-7-6-10-18(20)22(17-8-4-3-5-9-17)28(21)26-14-12-19(29)24(30)23(26)25(27)31/h3-12,14,16,21-22,30H,13,15H2,1-2H3/t21-,22+/m1/s1. The van der Waals surface area contributed by atoms with E-state index in [2.05, 4.69) is 5.01 Å².